The number of H-pyrrole nitrogens is 1. The maximum atomic E-state index is 10.8. The van der Waals surface area contributed by atoms with E-state index < -0.39 is 0 Å². The molecule has 4 heterocycles. The molecule has 32 heavy (non-hydrogen) atoms. The van der Waals surface area contributed by atoms with Gasteiger partial charge in [0.1, 0.15) is 12.6 Å². The van der Waals surface area contributed by atoms with Crippen LogP contribution >= 0.6 is 0 Å². The van der Waals surface area contributed by atoms with Gasteiger partial charge in [0.25, 0.3) is 0 Å². The first kappa shape index (κ1) is 20.7. The Kier molecular flexibility index (Phi) is 5.43. The zero-order chi connectivity index (χ0) is 22.2. The Hall–Kier alpha value is -3.19. The van der Waals surface area contributed by atoms with E-state index in [-0.39, 0.29) is 0 Å². The van der Waals surface area contributed by atoms with Crippen molar-refractivity contribution in [3.8, 4) is 17.0 Å². The molecule has 1 fully saturated rings. The summed E-state index contributed by atoms with van der Waals surface area (Å²) in [5.74, 6) is 1.59. The van der Waals surface area contributed by atoms with Crippen LogP contribution in [0.4, 0.5) is 0 Å². The molecule has 1 N–H and O–H groups in total. The number of aromatic nitrogens is 4. The SMILES string of the molecule is COc1cc(-c2[nH]c3ccc(C4CCN(CC=O)CC4)cc3c2C(C)C)cn2ncnc12. The number of carbonyl (C=O) groups is 1. The number of rotatable bonds is 6. The van der Waals surface area contributed by atoms with Gasteiger partial charge in [-0.05, 0) is 67.1 Å². The molecular weight excluding hydrogens is 402 g/mol. The predicted molar refractivity (Wildman–Crippen MR) is 125 cm³/mol. The molecule has 3 aromatic heterocycles. The zero-order valence-corrected chi connectivity index (χ0v) is 18.8. The molecule has 4 aromatic rings. The topological polar surface area (TPSA) is 75.5 Å². The second-order valence-corrected chi connectivity index (χ2v) is 8.94. The van der Waals surface area contributed by atoms with Crippen LogP contribution in [0.25, 0.3) is 27.8 Å². The molecule has 166 valence electrons. The van der Waals surface area contributed by atoms with E-state index in [0.717, 1.165) is 49.0 Å². The Labute approximate surface area is 187 Å². The molecule has 0 aliphatic carbocycles. The molecule has 0 atom stereocenters. The predicted octanol–water partition coefficient (Wildman–Crippen LogP) is 4.39. The molecule has 0 amide bonds. The van der Waals surface area contributed by atoms with Crippen LogP contribution in [-0.4, -0.2) is 57.5 Å². The summed E-state index contributed by atoms with van der Waals surface area (Å²) in [6.45, 7) is 6.98. The van der Waals surface area contributed by atoms with Crippen molar-refractivity contribution in [2.24, 2.45) is 0 Å². The van der Waals surface area contributed by atoms with Gasteiger partial charge in [-0.2, -0.15) is 5.10 Å². The van der Waals surface area contributed by atoms with Crippen molar-refractivity contribution in [3.63, 3.8) is 0 Å². The Morgan fingerprint density at radius 3 is 2.78 bits per heavy atom. The van der Waals surface area contributed by atoms with Gasteiger partial charge in [0.05, 0.1) is 19.3 Å². The summed E-state index contributed by atoms with van der Waals surface area (Å²) in [6.07, 6.45) is 6.74. The average Bonchev–Trinajstić information content (AvgIpc) is 3.43. The highest BCUT2D eigenvalue weighted by Crippen LogP contribution is 2.39. The summed E-state index contributed by atoms with van der Waals surface area (Å²) in [7, 11) is 1.66. The Bertz CT molecular complexity index is 1260. The fourth-order valence-corrected chi connectivity index (χ4v) is 5.05. The lowest BCUT2D eigenvalue weighted by Gasteiger charge is -2.30. The van der Waals surface area contributed by atoms with Gasteiger partial charge < -0.3 is 14.5 Å². The summed E-state index contributed by atoms with van der Waals surface area (Å²) in [5.41, 5.74) is 6.68. The van der Waals surface area contributed by atoms with Crippen molar-refractivity contribution in [2.75, 3.05) is 26.7 Å². The fraction of sp³-hybridized carbons (Fsp3) is 0.400. The number of fused-ring (bicyclic) bond motifs is 2. The first-order valence-corrected chi connectivity index (χ1v) is 11.3. The van der Waals surface area contributed by atoms with Crippen LogP contribution in [0.15, 0.2) is 36.8 Å². The van der Waals surface area contributed by atoms with Crippen molar-refractivity contribution < 1.29 is 9.53 Å². The van der Waals surface area contributed by atoms with E-state index in [1.165, 1.54) is 16.5 Å². The van der Waals surface area contributed by atoms with E-state index in [0.29, 0.717) is 29.8 Å². The molecule has 1 aromatic carbocycles. The summed E-state index contributed by atoms with van der Waals surface area (Å²) >= 11 is 0. The largest absolute Gasteiger partial charge is 0.493 e. The number of piperidine rings is 1. The van der Waals surface area contributed by atoms with Crippen molar-refractivity contribution in [2.45, 2.75) is 38.5 Å². The molecule has 0 radical (unpaired) electrons. The number of nitrogens with zero attached hydrogens (tertiary/aromatic N) is 4. The Balaban J connectivity index is 1.57. The molecule has 0 bridgehead atoms. The van der Waals surface area contributed by atoms with Crippen LogP contribution in [-0.2, 0) is 4.79 Å². The second kappa shape index (κ2) is 8.39. The van der Waals surface area contributed by atoms with E-state index in [4.69, 9.17) is 4.74 Å². The van der Waals surface area contributed by atoms with Crippen LogP contribution in [0, 0.1) is 0 Å². The number of pyridine rings is 1. The molecule has 7 nitrogen and oxygen atoms in total. The number of nitrogens with one attached hydrogen (secondary N) is 1. The first-order chi connectivity index (χ1) is 15.6. The van der Waals surface area contributed by atoms with Crippen LogP contribution in [0.3, 0.4) is 0 Å². The highest BCUT2D eigenvalue weighted by atomic mass is 16.5. The van der Waals surface area contributed by atoms with Gasteiger partial charge >= 0.3 is 0 Å². The normalized spacial score (nSPS) is 15.8. The molecule has 0 spiro atoms. The van der Waals surface area contributed by atoms with E-state index in [1.54, 1.807) is 18.0 Å². The summed E-state index contributed by atoms with van der Waals surface area (Å²) < 4.78 is 7.35. The minimum absolute atomic E-state index is 0.348. The van der Waals surface area contributed by atoms with Gasteiger partial charge in [-0.3, -0.25) is 4.90 Å². The number of aromatic amines is 1. The van der Waals surface area contributed by atoms with Crippen molar-refractivity contribution >= 4 is 22.8 Å². The highest BCUT2D eigenvalue weighted by molar-refractivity contribution is 5.92. The van der Waals surface area contributed by atoms with Crippen LogP contribution < -0.4 is 4.74 Å². The number of methoxy groups -OCH3 is 1. The van der Waals surface area contributed by atoms with Gasteiger partial charge in [-0.1, -0.05) is 19.9 Å². The van der Waals surface area contributed by atoms with E-state index in [2.05, 4.69) is 52.0 Å². The number of carbonyl (C=O) groups excluding carboxylic acids is 1. The number of aldehydes is 1. The molecule has 1 saturated heterocycles. The van der Waals surface area contributed by atoms with Crippen molar-refractivity contribution in [1.82, 2.24) is 24.5 Å². The smallest absolute Gasteiger partial charge is 0.197 e. The number of ether oxygens (including phenoxy) is 1. The van der Waals surface area contributed by atoms with E-state index >= 15 is 0 Å². The number of likely N-dealkylation sites (tertiary alicyclic amines) is 1. The van der Waals surface area contributed by atoms with Gasteiger partial charge in [-0.25, -0.2) is 9.50 Å². The third kappa shape index (κ3) is 3.56. The Morgan fingerprint density at radius 2 is 2.06 bits per heavy atom. The van der Waals surface area contributed by atoms with Crippen molar-refractivity contribution in [1.29, 1.82) is 0 Å². The lowest BCUT2D eigenvalue weighted by Crippen LogP contribution is -2.34. The molecule has 5 rings (SSSR count). The van der Waals surface area contributed by atoms with Crippen molar-refractivity contribution in [3.05, 3.63) is 47.9 Å². The number of benzene rings is 1. The zero-order valence-electron chi connectivity index (χ0n) is 18.8. The maximum Gasteiger partial charge on any atom is 0.197 e. The molecule has 1 aliphatic rings. The second-order valence-electron chi connectivity index (χ2n) is 8.94. The van der Waals surface area contributed by atoms with Crippen LogP contribution in [0.1, 0.15) is 49.7 Å². The fourth-order valence-electron chi connectivity index (χ4n) is 5.05. The Morgan fingerprint density at radius 1 is 1.25 bits per heavy atom. The van der Waals surface area contributed by atoms with Gasteiger partial charge in [-0.15, -0.1) is 0 Å². The molecule has 0 unspecified atom stereocenters. The monoisotopic (exact) mass is 431 g/mol. The number of hydrogen-bond acceptors (Lipinski definition) is 5. The first-order valence-electron chi connectivity index (χ1n) is 11.3. The van der Waals surface area contributed by atoms with E-state index in [1.807, 2.05) is 12.3 Å². The van der Waals surface area contributed by atoms with E-state index in [9.17, 15) is 4.79 Å². The van der Waals surface area contributed by atoms with Gasteiger partial charge in [0.15, 0.2) is 11.4 Å². The lowest BCUT2D eigenvalue weighted by molar-refractivity contribution is -0.109. The quantitative estimate of drug-likeness (QED) is 0.458. The summed E-state index contributed by atoms with van der Waals surface area (Å²) in [5, 5.41) is 5.60. The highest BCUT2D eigenvalue weighted by Gasteiger charge is 2.23. The molecule has 7 heteroatoms. The minimum atomic E-state index is 0.348. The number of hydrogen-bond donors (Lipinski definition) is 1. The molecule has 0 saturated carbocycles. The molecule has 1 aliphatic heterocycles. The third-order valence-electron chi connectivity index (χ3n) is 6.68. The maximum absolute atomic E-state index is 10.8. The lowest BCUT2D eigenvalue weighted by atomic mass is 9.87. The molecular formula is C25H29N5O2. The van der Waals surface area contributed by atoms with Crippen LogP contribution in [0.2, 0.25) is 0 Å². The summed E-state index contributed by atoms with van der Waals surface area (Å²) in [4.78, 5) is 21.0. The minimum Gasteiger partial charge on any atom is -0.493 e. The summed E-state index contributed by atoms with van der Waals surface area (Å²) in [6, 6.07) is 8.87. The standard InChI is InChI=1S/C25H29N5O2/c1-16(2)23-20-12-18(17-6-8-29(9-7-17)10-11-31)4-5-21(20)28-24(23)19-13-22(32-3)25-26-15-27-30(25)14-19/h4-5,11-17,28H,6-10H2,1-3H3. The van der Waals surface area contributed by atoms with Crippen LogP contribution in [0.5, 0.6) is 5.75 Å². The van der Waals surface area contributed by atoms with Gasteiger partial charge in [0, 0.05) is 22.7 Å². The van der Waals surface area contributed by atoms with Gasteiger partial charge in [0.2, 0.25) is 0 Å². The average molecular weight is 432 g/mol. The third-order valence-corrected chi connectivity index (χ3v) is 6.68.